The maximum absolute atomic E-state index is 12.8. The van der Waals surface area contributed by atoms with Crippen LogP contribution in [0.15, 0.2) is 30.3 Å². The van der Waals surface area contributed by atoms with Crippen LogP contribution >= 0.6 is 0 Å². The second kappa shape index (κ2) is 9.19. The van der Waals surface area contributed by atoms with E-state index in [9.17, 15) is 9.90 Å². The highest BCUT2D eigenvalue weighted by Crippen LogP contribution is 2.22. The number of aliphatic hydroxyl groups excluding tert-OH is 1. The van der Waals surface area contributed by atoms with Gasteiger partial charge in [0.05, 0.1) is 12.3 Å². The van der Waals surface area contributed by atoms with Crippen molar-refractivity contribution in [3.05, 3.63) is 35.9 Å². The van der Waals surface area contributed by atoms with Crippen LogP contribution in [0.5, 0.6) is 0 Å². The number of hydrogen-bond donors (Lipinski definition) is 2. The van der Waals surface area contributed by atoms with Crippen molar-refractivity contribution in [2.75, 3.05) is 6.54 Å². The fraction of sp³-hybridized carbons (Fsp3) is 0.650. The van der Waals surface area contributed by atoms with Crippen molar-refractivity contribution in [2.45, 2.75) is 71.2 Å². The van der Waals surface area contributed by atoms with E-state index in [4.69, 9.17) is 0 Å². The second-order valence-electron chi connectivity index (χ2n) is 7.16. The number of hydrogen-bond acceptors (Lipinski definition) is 3. The zero-order chi connectivity index (χ0) is 17.5. The van der Waals surface area contributed by atoms with E-state index in [1.807, 2.05) is 23.1 Å². The van der Waals surface area contributed by atoms with E-state index in [0.29, 0.717) is 12.3 Å². The third-order valence-electron chi connectivity index (χ3n) is 4.83. The SMILES string of the molecule is CCCCCN1C(=O)[C@H]([C@H](O)CCc2ccccc2)NC1C(C)C. The lowest BCUT2D eigenvalue weighted by Crippen LogP contribution is -2.43. The largest absolute Gasteiger partial charge is 0.391 e. The number of benzene rings is 1. The lowest BCUT2D eigenvalue weighted by molar-refractivity contribution is -0.132. The minimum atomic E-state index is -0.643. The molecule has 1 heterocycles. The topological polar surface area (TPSA) is 52.6 Å². The van der Waals surface area contributed by atoms with Gasteiger partial charge >= 0.3 is 0 Å². The van der Waals surface area contributed by atoms with Gasteiger partial charge in [-0.05, 0) is 30.7 Å². The maximum Gasteiger partial charge on any atom is 0.243 e. The fourth-order valence-electron chi connectivity index (χ4n) is 3.40. The van der Waals surface area contributed by atoms with Gasteiger partial charge in [-0.15, -0.1) is 0 Å². The Morgan fingerprint density at radius 1 is 1.21 bits per heavy atom. The Balaban J connectivity index is 1.95. The molecule has 1 aromatic rings. The summed E-state index contributed by atoms with van der Waals surface area (Å²) in [6.07, 6.45) is 4.08. The van der Waals surface area contributed by atoms with E-state index >= 15 is 0 Å². The molecule has 4 heteroatoms. The number of nitrogens with one attached hydrogen (secondary N) is 1. The molecule has 0 bridgehead atoms. The van der Waals surface area contributed by atoms with Crippen LogP contribution in [0.3, 0.4) is 0 Å². The summed E-state index contributed by atoms with van der Waals surface area (Å²) < 4.78 is 0. The molecule has 0 aromatic heterocycles. The van der Waals surface area contributed by atoms with E-state index in [0.717, 1.165) is 32.2 Å². The lowest BCUT2D eigenvalue weighted by Gasteiger charge is -2.27. The monoisotopic (exact) mass is 332 g/mol. The average Bonchev–Trinajstić information content (AvgIpc) is 2.91. The van der Waals surface area contributed by atoms with Crippen molar-refractivity contribution in [3.63, 3.8) is 0 Å². The number of carbonyl (C=O) groups is 1. The van der Waals surface area contributed by atoms with Crippen molar-refractivity contribution >= 4 is 5.91 Å². The molecular weight excluding hydrogens is 300 g/mol. The smallest absolute Gasteiger partial charge is 0.243 e. The third-order valence-corrected chi connectivity index (χ3v) is 4.83. The van der Waals surface area contributed by atoms with Crippen LogP contribution in [0.25, 0.3) is 0 Å². The van der Waals surface area contributed by atoms with E-state index in [1.165, 1.54) is 5.56 Å². The number of carbonyl (C=O) groups excluding carboxylic acids is 1. The zero-order valence-electron chi connectivity index (χ0n) is 15.2. The van der Waals surface area contributed by atoms with Crippen molar-refractivity contribution in [1.29, 1.82) is 0 Å². The highest BCUT2D eigenvalue weighted by molar-refractivity contribution is 5.85. The van der Waals surface area contributed by atoms with E-state index in [1.54, 1.807) is 0 Å². The second-order valence-corrected chi connectivity index (χ2v) is 7.16. The van der Waals surface area contributed by atoms with Crippen LogP contribution in [-0.4, -0.2) is 40.8 Å². The minimum absolute atomic E-state index is 0.0331. The summed E-state index contributed by atoms with van der Waals surface area (Å²) in [7, 11) is 0. The van der Waals surface area contributed by atoms with Gasteiger partial charge in [-0.2, -0.15) is 0 Å². The molecule has 2 N–H and O–H groups in total. The molecular formula is C20H32N2O2. The van der Waals surface area contributed by atoms with Crippen LogP contribution in [0.1, 0.15) is 52.0 Å². The molecule has 1 aromatic carbocycles. The Bertz CT molecular complexity index is 504. The number of unbranched alkanes of at least 4 members (excludes halogenated alkanes) is 2. The van der Waals surface area contributed by atoms with Gasteiger partial charge in [0.2, 0.25) is 5.91 Å². The Hall–Kier alpha value is -1.39. The standard InChI is InChI=1S/C20H32N2O2/c1-4-5-9-14-22-19(15(2)3)21-18(20(22)24)17(23)13-12-16-10-7-6-8-11-16/h6-8,10-11,15,17-19,21,23H,4-5,9,12-14H2,1-3H3/t17-,18+,19?/m1/s1. The van der Waals surface area contributed by atoms with Crippen LogP contribution in [0.4, 0.5) is 0 Å². The van der Waals surface area contributed by atoms with Gasteiger partial charge in [0.15, 0.2) is 0 Å². The molecule has 0 aliphatic carbocycles. The van der Waals surface area contributed by atoms with E-state index < -0.39 is 12.1 Å². The van der Waals surface area contributed by atoms with Gasteiger partial charge in [0.1, 0.15) is 6.04 Å². The highest BCUT2D eigenvalue weighted by Gasteiger charge is 2.42. The van der Waals surface area contributed by atoms with Crippen molar-refractivity contribution < 1.29 is 9.90 Å². The quantitative estimate of drug-likeness (QED) is 0.684. The molecule has 3 atom stereocenters. The number of nitrogens with zero attached hydrogens (tertiary/aromatic N) is 1. The Morgan fingerprint density at radius 3 is 2.54 bits per heavy atom. The first kappa shape index (κ1) is 18.9. The fourth-order valence-corrected chi connectivity index (χ4v) is 3.40. The van der Waals surface area contributed by atoms with E-state index in [2.05, 4.69) is 38.2 Å². The van der Waals surface area contributed by atoms with Gasteiger partial charge in [-0.3, -0.25) is 10.1 Å². The Kier molecular flexibility index (Phi) is 7.25. The lowest BCUT2D eigenvalue weighted by atomic mass is 10.0. The van der Waals surface area contributed by atoms with Crippen molar-refractivity contribution in [3.8, 4) is 0 Å². The predicted molar refractivity (Wildman–Crippen MR) is 97.6 cm³/mol. The number of rotatable bonds is 9. The molecule has 1 aliphatic heterocycles. The summed E-state index contributed by atoms with van der Waals surface area (Å²) in [5.74, 6) is 0.396. The molecule has 1 aliphatic rings. The number of aryl methyl sites for hydroxylation is 1. The van der Waals surface area contributed by atoms with Crippen LogP contribution in [0, 0.1) is 5.92 Å². The molecule has 0 spiro atoms. The van der Waals surface area contributed by atoms with E-state index in [-0.39, 0.29) is 12.1 Å². The molecule has 2 rings (SSSR count). The van der Waals surface area contributed by atoms with Gasteiger partial charge in [-0.1, -0.05) is 63.9 Å². The van der Waals surface area contributed by atoms with Crippen molar-refractivity contribution in [2.24, 2.45) is 5.92 Å². The first-order chi connectivity index (χ1) is 11.5. The maximum atomic E-state index is 12.8. The average molecular weight is 332 g/mol. The minimum Gasteiger partial charge on any atom is -0.391 e. The Morgan fingerprint density at radius 2 is 1.92 bits per heavy atom. The van der Waals surface area contributed by atoms with Gasteiger partial charge in [-0.25, -0.2) is 0 Å². The molecule has 1 saturated heterocycles. The van der Waals surface area contributed by atoms with Crippen molar-refractivity contribution in [1.82, 2.24) is 10.2 Å². The summed E-state index contributed by atoms with van der Waals surface area (Å²) in [6.45, 7) is 7.19. The zero-order valence-corrected chi connectivity index (χ0v) is 15.2. The summed E-state index contributed by atoms with van der Waals surface area (Å²) >= 11 is 0. The molecule has 4 nitrogen and oxygen atoms in total. The van der Waals surface area contributed by atoms with Gasteiger partial charge in [0, 0.05) is 6.54 Å². The summed E-state index contributed by atoms with van der Waals surface area (Å²) in [6, 6.07) is 9.65. The molecule has 1 fully saturated rings. The summed E-state index contributed by atoms with van der Waals surface area (Å²) in [5.41, 5.74) is 1.20. The highest BCUT2D eigenvalue weighted by atomic mass is 16.3. The molecule has 24 heavy (non-hydrogen) atoms. The molecule has 1 unspecified atom stereocenters. The van der Waals surface area contributed by atoms with Crippen LogP contribution < -0.4 is 5.32 Å². The van der Waals surface area contributed by atoms with Crippen LogP contribution in [-0.2, 0) is 11.2 Å². The van der Waals surface area contributed by atoms with Gasteiger partial charge in [0.25, 0.3) is 0 Å². The molecule has 0 radical (unpaired) electrons. The summed E-state index contributed by atoms with van der Waals surface area (Å²) in [4.78, 5) is 14.7. The predicted octanol–water partition coefficient (Wildman–Crippen LogP) is 2.95. The number of aliphatic hydroxyl groups is 1. The third kappa shape index (κ3) is 4.81. The normalized spacial score (nSPS) is 22.4. The Labute approximate surface area is 146 Å². The van der Waals surface area contributed by atoms with Gasteiger partial charge < -0.3 is 10.0 Å². The molecule has 0 saturated carbocycles. The first-order valence-electron chi connectivity index (χ1n) is 9.33. The van der Waals surface area contributed by atoms with Crippen LogP contribution in [0.2, 0.25) is 0 Å². The summed E-state index contributed by atoms with van der Waals surface area (Å²) in [5, 5.41) is 13.9. The number of amides is 1. The molecule has 1 amide bonds. The first-order valence-corrected chi connectivity index (χ1v) is 9.33. The molecule has 134 valence electrons.